The van der Waals surface area contributed by atoms with Crippen LogP contribution in [0.3, 0.4) is 0 Å². The van der Waals surface area contributed by atoms with E-state index < -0.39 is 17.7 Å². The van der Waals surface area contributed by atoms with Crippen LogP contribution in [0.2, 0.25) is 0 Å². The maximum atomic E-state index is 12.1. The van der Waals surface area contributed by atoms with Crippen molar-refractivity contribution in [3.8, 4) is 0 Å². The number of amides is 3. The molecule has 1 aromatic heterocycles. The van der Waals surface area contributed by atoms with Gasteiger partial charge in [0.25, 0.3) is 5.91 Å². The monoisotopic (exact) mass is 396 g/mol. The Bertz CT molecular complexity index is 931. The Morgan fingerprint density at radius 2 is 2.00 bits per heavy atom. The number of anilines is 1. The molecule has 1 aliphatic rings. The van der Waals surface area contributed by atoms with Gasteiger partial charge in [-0.2, -0.15) is 0 Å². The first kappa shape index (κ1) is 19.6. The van der Waals surface area contributed by atoms with E-state index in [1.807, 2.05) is 31.2 Å². The van der Waals surface area contributed by atoms with Crippen molar-refractivity contribution in [3.05, 3.63) is 58.6 Å². The highest BCUT2D eigenvalue weighted by Gasteiger charge is 2.25. The molecule has 2 N–H and O–H groups in total. The Kier molecular flexibility index (Phi) is 6.44. The van der Waals surface area contributed by atoms with E-state index in [0.717, 1.165) is 5.56 Å². The maximum Gasteiger partial charge on any atom is 0.262 e. The standard InChI is InChI=1S/C20H20N4O3S/c1-13-4-6-14(7-5-13)11-22-17(25)9-8-15-12-28-20(23-15)24-19(27)16-3-2-10-21-18(16)26/h2-7,10,12,16H,8-9,11H2,1H3,(H,22,25)(H,23,24,27). The third-order valence-electron chi connectivity index (χ3n) is 4.14. The summed E-state index contributed by atoms with van der Waals surface area (Å²) in [5.41, 5.74) is 2.95. The van der Waals surface area contributed by atoms with Crippen molar-refractivity contribution in [1.82, 2.24) is 10.3 Å². The van der Waals surface area contributed by atoms with Gasteiger partial charge in [-0.3, -0.25) is 14.4 Å². The minimum atomic E-state index is -0.926. The minimum absolute atomic E-state index is 0.0602. The van der Waals surface area contributed by atoms with Crippen LogP contribution in [0.15, 0.2) is 46.8 Å². The van der Waals surface area contributed by atoms with E-state index in [4.69, 9.17) is 0 Å². The lowest BCUT2D eigenvalue weighted by atomic mass is 10.1. The van der Waals surface area contributed by atoms with Crippen molar-refractivity contribution in [3.63, 3.8) is 0 Å². The number of nitrogens with zero attached hydrogens (tertiary/aromatic N) is 2. The van der Waals surface area contributed by atoms with Crippen LogP contribution in [0.4, 0.5) is 5.13 Å². The molecule has 2 aromatic rings. The second-order valence-corrected chi connectivity index (χ2v) is 7.23. The Balaban J connectivity index is 1.44. The predicted molar refractivity (Wildman–Crippen MR) is 108 cm³/mol. The van der Waals surface area contributed by atoms with Crippen LogP contribution in [0, 0.1) is 12.8 Å². The highest BCUT2D eigenvalue weighted by atomic mass is 32.1. The molecule has 1 aliphatic heterocycles. The number of rotatable bonds is 7. The van der Waals surface area contributed by atoms with Crippen molar-refractivity contribution in [2.75, 3.05) is 5.32 Å². The van der Waals surface area contributed by atoms with E-state index in [-0.39, 0.29) is 5.91 Å². The zero-order valence-corrected chi connectivity index (χ0v) is 16.2. The number of allylic oxidation sites excluding steroid dienone is 1. The molecule has 0 aliphatic carbocycles. The normalized spacial score (nSPS) is 15.5. The van der Waals surface area contributed by atoms with Crippen LogP contribution in [0.1, 0.15) is 23.2 Å². The zero-order valence-electron chi connectivity index (χ0n) is 15.3. The molecular formula is C20H20N4O3S. The Morgan fingerprint density at radius 1 is 1.21 bits per heavy atom. The first-order chi connectivity index (χ1) is 13.5. The number of benzene rings is 1. The lowest BCUT2D eigenvalue weighted by Gasteiger charge is -2.09. The highest BCUT2D eigenvalue weighted by molar-refractivity contribution is 7.13. The van der Waals surface area contributed by atoms with E-state index in [2.05, 4.69) is 20.6 Å². The van der Waals surface area contributed by atoms with E-state index in [1.165, 1.54) is 29.2 Å². The van der Waals surface area contributed by atoms with E-state index in [1.54, 1.807) is 11.5 Å². The van der Waals surface area contributed by atoms with Gasteiger partial charge in [-0.25, -0.2) is 9.98 Å². The van der Waals surface area contributed by atoms with Crippen LogP contribution in [0.5, 0.6) is 0 Å². The summed E-state index contributed by atoms with van der Waals surface area (Å²) in [4.78, 5) is 43.7. The molecule has 0 spiro atoms. The van der Waals surface area contributed by atoms with Crippen LogP contribution in [0.25, 0.3) is 0 Å². The minimum Gasteiger partial charge on any atom is -0.352 e. The SMILES string of the molecule is Cc1ccc(CNC(=O)CCc2csc(NC(=O)C3C=CC=NC3=O)n2)cc1. The molecule has 1 aromatic carbocycles. The Morgan fingerprint density at radius 3 is 2.75 bits per heavy atom. The molecule has 8 heteroatoms. The highest BCUT2D eigenvalue weighted by Crippen LogP contribution is 2.18. The third kappa shape index (κ3) is 5.43. The maximum absolute atomic E-state index is 12.1. The quantitative estimate of drug-likeness (QED) is 0.702. The lowest BCUT2D eigenvalue weighted by molar-refractivity contribution is -0.128. The zero-order chi connectivity index (χ0) is 19.9. The smallest absolute Gasteiger partial charge is 0.262 e. The molecule has 1 unspecified atom stereocenters. The number of carbonyl (C=O) groups excluding carboxylic acids is 3. The van der Waals surface area contributed by atoms with Gasteiger partial charge in [-0.1, -0.05) is 35.9 Å². The largest absolute Gasteiger partial charge is 0.352 e. The van der Waals surface area contributed by atoms with Gasteiger partial charge in [-0.05, 0) is 25.0 Å². The molecule has 3 amide bonds. The van der Waals surface area contributed by atoms with Crippen molar-refractivity contribution < 1.29 is 14.4 Å². The molecule has 0 bridgehead atoms. The molecule has 0 saturated carbocycles. The van der Waals surface area contributed by atoms with Gasteiger partial charge >= 0.3 is 0 Å². The van der Waals surface area contributed by atoms with Gasteiger partial charge in [0.1, 0.15) is 5.92 Å². The first-order valence-electron chi connectivity index (χ1n) is 8.83. The molecule has 28 heavy (non-hydrogen) atoms. The van der Waals surface area contributed by atoms with Crippen LogP contribution in [-0.2, 0) is 27.3 Å². The summed E-state index contributed by atoms with van der Waals surface area (Å²) < 4.78 is 0. The van der Waals surface area contributed by atoms with E-state index in [0.29, 0.717) is 30.2 Å². The molecule has 0 fully saturated rings. The van der Waals surface area contributed by atoms with Crippen molar-refractivity contribution in [2.24, 2.45) is 10.9 Å². The number of nitrogens with one attached hydrogen (secondary N) is 2. The van der Waals surface area contributed by atoms with Crippen LogP contribution >= 0.6 is 11.3 Å². The molecule has 0 radical (unpaired) electrons. The number of aromatic nitrogens is 1. The lowest BCUT2D eigenvalue weighted by Crippen LogP contribution is -2.28. The average Bonchev–Trinajstić information content (AvgIpc) is 3.13. The number of dihydropyridines is 1. The molecule has 0 saturated heterocycles. The summed E-state index contributed by atoms with van der Waals surface area (Å²) in [5.74, 6) is -1.95. The third-order valence-corrected chi connectivity index (χ3v) is 4.95. The molecule has 7 nitrogen and oxygen atoms in total. The van der Waals surface area contributed by atoms with Crippen LogP contribution < -0.4 is 10.6 Å². The van der Waals surface area contributed by atoms with Crippen molar-refractivity contribution in [1.29, 1.82) is 0 Å². The van der Waals surface area contributed by atoms with E-state index >= 15 is 0 Å². The van der Waals surface area contributed by atoms with Gasteiger partial charge in [0.15, 0.2) is 5.13 Å². The summed E-state index contributed by atoms with van der Waals surface area (Å²) in [6, 6.07) is 8.00. The van der Waals surface area contributed by atoms with E-state index in [9.17, 15) is 14.4 Å². The summed E-state index contributed by atoms with van der Waals surface area (Å²) in [6.07, 6.45) is 5.20. The number of carbonyl (C=O) groups is 3. The first-order valence-corrected chi connectivity index (χ1v) is 9.71. The number of hydrogen-bond acceptors (Lipinski definition) is 5. The summed E-state index contributed by atoms with van der Waals surface area (Å²) in [5, 5.41) is 7.70. The van der Waals surface area contributed by atoms with Gasteiger partial charge < -0.3 is 10.6 Å². The van der Waals surface area contributed by atoms with Crippen LogP contribution in [-0.4, -0.2) is 28.9 Å². The predicted octanol–water partition coefficient (Wildman–Crippen LogP) is 2.42. The fourth-order valence-corrected chi connectivity index (χ4v) is 3.29. The van der Waals surface area contributed by atoms with Gasteiger partial charge in [0, 0.05) is 24.6 Å². The molecule has 144 valence electrons. The molecule has 3 rings (SSSR count). The Hall–Kier alpha value is -3.13. The fourth-order valence-electron chi connectivity index (χ4n) is 2.54. The number of aliphatic imine (C=N–C) groups is 1. The second kappa shape index (κ2) is 9.18. The topological polar surface area (TPSA) is 101 Å². The average molecular weight is 396 g/mol. The molecule has 2 heterocycles. The fraction of sp³-hybridized carbons (Fsp3) is 0.250. The van der Waals surface area contributed by atoms with Gasteiger partial charge in [0.05, 0.1) is 5.69 Å². The van der Waals surface area contributed by atoms with Crippen molar-refractivity contribution in [2.45, 2.75) is 26.3 Å². The second-order valence-electron chi connectivity index (χ2n) is 6.37. The molecule has 1 atom stereocenters. The number of thiazole rings is 1. The Labute approximate surface area is 166 Å². The van der Waals surface area contributed by atoms with Gasteiger partial charge in [-0.15, -0.1) is 11.3 Å². The summed E-state index contributed by atoms with van der Waals surface area (Å²) in [6.45, 7) is 2.51. The summed E-state index contributed by atoms with van der Waals surface area (Å²) >= 11 is 1.26. The van der Waals surface area contributed by atoms with Gasteiger partial charge in [0.2, 0.25) is 11.8 Å². The molecular weight excluding hydrogens is 376 g/mol. The van der Waals surface area contributed by atoms with Crippen molar-refractivity contribution >= 4 is 40.4 Å². The number of aryl methyl sites for hydroxylation is 2. The summed E-state index contributed by atoms with van der Waals surface area (Å²) in [7, 11) is 0. The number of hydrogen-bond donors (Lipinski definition) is 2.